The molecule has 0 aromatic rings. The van der Waals surface area contributed by atoms with E-state index >= 15 is 0 Å². The number of hydrogen-bond acceptors (Lipinski definition) is 2. The molecule has 0 aliphatic carbocycles. The SMILES string of the molecule is CCCCC(I)CC(F)C(=O)OCC. The molecule has 0 fully saturated rings. The molecule has 0 saturated heterocycles. The van der Waals surface area contributed by atoms with E-state index in [2.05, 4.69) is 34.3 Å². The van der Waals surface area contributed by atoms with Crippen molar-refractivity contribution >= 4 is 28.6 Å². The second-order valence-corrected chi connectivity index (χ2v) is 4.96. The number of carbonyl (C=O) groups is 1. The fourth-order valence-electron chi connectivity index (χ4n) is 1.10. The van der Waals surface area contributed by atoms with E-state index in [-0.39, 0.29) is 17.0 Å². The van der Waals surface area contributed by atoms with E-state index in [0.717, 1.165) is 19.3 Å². The first-order valence-electron chi connectivity index (χ1n) is 5.06. The summed E-state index contributed by atoms with van der Waals surface area (Å²) in [6.07, 6.45) is 1.99. The Labute approximate surface area is 98.7 Å². The lowest BCUT2D eigenvalue weighted by atomic mass is 10.1. The van der Waals surface area contributed by atoms with Crippen LogP contribution in [0.15, 0.2) is 0 Å². The van der Waals surface area contributed by atoms with Gasteiger partial charge in [-0.15, -0.1) is 0 Å². The van der Waals surface area contributed by atoms with Gasteiger partial charge >= 0.3 is 5.97 Å². The van der Waals surface area contributed by atoms with Gasteiger partial charge in [-0.2, -0.15) is 0 Å². The van der Waals surface area contributed by atoms with Gasteiger partial charge in [0.2, 0.25) is 0 Å². The highest BCUT2D eigenvalue weighted by Crippen LogP contribution is 2.18. The lowest BCUT2D eigenvalue weighted by Crippen LogP contribution is -2.22. The summed E-state index contributed by atoms with van der Waals surface area (Å²) in [6.45, 7) is 4.03. The molecule has 0 spiro atoms. The fourth-order valence-corrected chi connectivity index (χ4v) is 1.98. The van der Waals surface area contributed by atoms with Gasteiger partial charge in [-0.25, -0.2) is 9.18 Å². The standard InChI is InChI=1S/C10H18FIO2/c1-3-5-6-8(12)7-9(11)10(13)14-4-2/h8-9H,3-7H2,1-2H3. The number of alkyl halides is 2. The molecule has 2 unspecified atom stereocenters. The number of rotatable bonds is 7. The maximum Gasteiger partial charge on any atom is 0.340 e. The van der Waals surface area contributed by atoms with Crippen LogP contribution in [-0.2, 0) is 9.53 Å². The summed E-state index contributed by atoms with van der Waals surface area (Å²) in [5.41, 5.74) is 0. The quantitative estimate of drug-likeness (QED) is 0.409. The molecule has 0 aromatic carbocycles. The van der Waals surface area contributed by atoms with Crippen LogP contribution in [0.2, 0.25) is 0 Å². The Morgan fingerprint density at radius 3 is 2.64 bits per heavy atom. The molecule has 0 saturated carbocycles. The maximum absolute atomic E-state index is 13.2. The highest BCUT2D eigenvalue weighted by atomic mass is 127. The van der Waals surface area contributed by atoms with Crippen molar-refractivity contribution < 1.29 is 13.9 Å². The third-order valence-corrected chi connectivity index (χ3v) is 3.01. The Balaban J connectivity index is 3.68. The predicted octanol–water partition coefficient (Wildman–Crippen LogP) is 3.27. The number of halogens is 2. The number of unbranched alkanes of at least 4 members (excludes halogenated alkanes) is 1. The van der Waals surface area contributed by atoms with Crippen molar-refractivity contribution in [1.82, 2.24) is 0 Å². The average Bonchev–Trinajstić information content (AvgIpc) is 2.15. The van der Waals surface area contributed by atoms with Gasteiger partial charge in [0, 0.05) is 10.3 Å². The van der Waals surface area contributed by atoms with Crippen LogP contribution in [0.3, 0.4) is 0 Å². The first-order chi connectivity index (χ1) is 6.61. The van der Waals surface area contributed by atoms with E-state index in [1.165, 1.54) is 0 Å². The monoisotopic (exact) mass is 316 g/mol. The van der Waals surface area contributed by atoms with Crippen LogP contribution in [0.4, 0.5) is 4.39 Å². The fraction of sp³-hybridized carbons (Fsp3) is 0.900. The van der Waals surface area contributed by atoms with Crippen molar-refractivity contribution in [1.29, 1.82) is 0 Å². The van der Waals surface area contributed by atoms with Crippen LogP contribution in [0.1, 0.15) is 39.5 Å². The van der Waals surface area contributed by atoms with E-state index in [1.54, 1.807) is 6.92 Å². The summed E-state index contributed by atoms with van der Waals surface area (Å²) in [5.74, 6) is -0.717. The van der Waals surface area contributed by atoms with Gasteiger partial charge in [0.15, 0.2) is 6.17 Å². The first kappa shape index (κ1) is 14.1. The zero-order valence-electron chi connectivity index (χ0n) is 8.76. The highest BCUT2D eigenvalue weighted by Gasteiger charge is 2.21. The number of esters is 1. The molecule has 0 heterocycles. The topological polar surface area (TPSA) is 26.3 Å². The van der Waals surface area contributed by atoms with Crippen molar-refractivity contribution in [2.75, 3.05) is 6.61 Å². The van der Waals surface area contributed by atoms with E-state index in [4.69, 9.17) is 0 Å². The summed E-state index contributed by atoms with van der Waals surface area (Å²) in [5, 5.41) is 0. The summed E-state index contributed by atoms with van der Waals surface area (Å²) < 4.78 is 18.0. The van der Waals surface area contributed by atoms with Crippen molar-refractivity contribution in [2.45, 2.75) is 49.6 Å². The number of ether oxygens (including phenoxy) is 1. The van der Waals surface area contributed by atoms with E-state index in [9.17, 15) is 9.18 Å². The zero-order valence-corrected chi connectivity index (χ0v) is 10.9. The average molecular weight is 316 g/mol. The van der Waals surface area contributed by atoms with E-state index in [1.807, 2.05) is 0 Å². The first-order valence-corrected chi connectivity index (χ1v) is 6.31. The van der Waals surface area contributed by atoms with Crippen molar-refractivity contribution in [3.05, 3.63) is 0 Å². The molecule has 0 N–H and O–H groups in total. The van der Waals surface area contributed by atoms with Crippen LogP contribution in [0.5, 0.6) is 0 Å². The Kier molecular flexibility index (Phi) is 8.52. The normalized spacial score (nSPS) is 14.9. The van der Waals surface area contributed by atoms with Crippen LogP contribution in [0.25, 0.3) is 0 Å². The molecular formula is C10H18FIO2. The van der Waals surface area contributed by atoms with Crippen LogP contribution in [-0.4, -0.2) is 22.7 Å². The molecule has 0 bridgehead atoms. The van der Waals surface area contributed by atoms with Crippen LogP contribution in [0, 0.1) is 0 Å². The van der Waals surface area contributed by atoms with Crippen molar-refractivity contribution in [3.63, 3.8) is 0 Å². The molecule has 0 rings (SSSR count). The minimum absolute atomic E-state index is 0.229. The van der Waals surface area contributed by atoms with Gasteiger partial charge in [-0.1, -0.05) is 42.4 Å². The molecule has 14 heavy (non-hydrogen) atoms. The predicted molar refractivity (Wildman–Crippen MR) is 63.5 cm³/mol. The summed E-state index contributed by atoms with van der Waals surface area (Å²) >= 11 is 2.19. The highest BCUT2D eigenvalue weighted by molar-refractivity contribution is 14.1. The summed E-state index contributed by atoms with van der Waals surface area (Å²) in [4.78, 5) is 11.0. The Morgan fingerprint density at radius 1 is 1.50 bits per heavy atom. The van der Waals surface area contributed by atoms with Gasteiger partial charge in [0.1, 0.15) is 0 Å². The van der Waals surface area contributed by atoms with Gasteiger partial charge in [0.25, 0.3) is 0 Å². The van der Waals surface area contributed by atoms with E-state index < -0.39 is 12.1 Å². The van der Waals surface area contributed by atoms with E-state index in [0.29, 0.717) is 0 Å². The lowest BCUT2D eigenvalue weighted by molar-refractivity contribution is -0.149. The molecule has 0 radical (unpaired) electrons. The molecule has 0 aliphatic rings. The second kappa shape index (κ2) is 8.44. The Bertz CT molecular complexity index is 164. The second-order valence-electron chi connectivity index (χ2n) is 3.19. The molecule has 0 aromatic heterocycles. The van der Waals surface area contributed by atoms with Gasteiger partial charge in [-0.05, 0) is 13.3 Å². The molecule has 2 nitrogen and oxygen atoms in total. The third-order valence-electron chi connectivity index (χ3n) is 1.88. The van der Waals surface area contributed by atoms with Crippen molar-refractivity contribution in [2.24, 2.45) is 0 Å². The molecule has 4 heteroatoms. The van der Waals surface area contributed by atoms with Gasteiger partial charge < -0.3 is 4.74 Å². The molecule has 2 atom stereocenters. The molecular weight excluding hydrogens is 298 g/mol. The largest absolute Gasteiger partial charge is 0.464 e. The third kappa shape index (κ3) is 6.56. The van der Waals surface area contributed by atoms with Gasteiger partial charge in [0.05, 0.1) is 6.61 Å². The Morgan fingerprint density at radius 2 is 2.14 bits per heavy atom. The molecule has 0 amide bonds. The van der Waals surface area contributed by atoms with Crippen molar-refractivity contribution in [3.8, 4) is 0 Å². The van der Waals surface area contributed by atoms with Crippen LogP contribution < -0.4 is 0 Å². The van der Waals surface area contributed by atoms with Crippen LogP contribution >= 0.6 is 22.6 Å². The number of carbonyl (C=O) groups excluding carboxylic acids is 1. The minimum atomic E-state index is -1.45. The summed E-state index contributed by atoms with van der Waals surface area (Å²) in [6, 6.07) is 0. The molecule has 0 aliphatic heterocycles. The Hall–Kier alpha value is 0.130. The smallest absolute Gasteiger partial charge is 0.340 e. The lowest BCUT2D eigenvalue weighted by Gasteiger charge is -2.11. The van der Waals surface area contributed by atoms with Gasteiger partial charge in [-0.3, -0.25) is 0 Å². The maximum atomic E-state index is 13.2. The summed E-state index contributed by atoms with van der Waals surface area (Å²) in [7, 11) is 0. The molecule has 84 valence electrons. The zero-order chi connectivity index (χ0) is 11.0. The number of hydrogen-bond donors (Lipinski definition) is 0. The minimum Gasteiger partial charge on any atom is -0.464 e.